The largest absolute Gasteiger partial charge is 0.496 e. The second kappa shape index (κ2) is 8.65. The molecule has 0 saturated carbocycles. The molecule has 2 aromatic carbocycles. The lowest BCUT2D eigenvalue weighted by atomic mass is 10.1. The fourth-order valence-corrected chi connectivity index (χ4v) is 3.35. The van der Waals surface area contributed by atoms with Gasteiger partial charge < -0.3 is 14.8 Å². The van der Waals surface area contributed by atoms with Gasteiger partial charge in [0.2, 0.25) is 5.95 Å². The van der Waals surface area contributed by atoms with Crippen LogP contribution in [0.3, 0.4) is 0 Å². The molecule has 0 amide bonds. The molecule has 0 spiro atoms. The lowest BCUT2D eigenvalue weighted by Crippen LogP contribution is -2.09. The van der Waals surface area contributed by atoms with Crippen LogP contribution in [0.1, 0.15) is 23.0 Å². The Kier molecular flexibility index (Phi) is 5.61. The minimum absolute atomic E-state index is 0.262. The van der Waals surface area contributed by atoms with Gasteiger partial charge in [-0.1, -0.05) is 48.5 Å². The predicted octanol–water partition coefficient (Wildman–Crippen LogP) is 4.19. The molecule has 7 nitrogen and oxygen atoms in total. The SMILES string of the molecule is CCOC(=O)c1ncn2c(NCc3ccccc3OC)ncc(-c3ccccc3)c12. The highest BCUT2D eigenvalue weighted by Gasteiger charge is 2.21. The van der Waals surface area contributed by atoms with Crippen molar-refractivity contribution < 1.29 is 14.3 Å². The van der Waals surface area contributed by atoms with Gasteiger partial charge in [-0.3, -0.25) is 4.40 Å². The van der Waals surface area contributed by atoms with E-state index in [1.807, 2.05) is 54.6 Å². The van der Waals surface area contributed by atoms with E-state index in [0.717, 1.165) is 22.4 Å². The number of hydrogen-bond acceptors (Lipinski definition) is 6. The van der Waals surface area contributed by atoms with Gasteiger partial charge in [0, 0.05) is 23.9 Å². The highest BCUT2D eigenvalue weighted by molar-refractivity contribution is 6.00. The summed E-state index contributed by atoms with van der Waals surface area (Å²) in [6, 6.07) is 17.6. The summed E-state index contributed by atoms with van der Waals surface area (Å²) in [5.41, 5.74) is 3.65. The van der Waals surface area contributed by atoms with E-state index in [0.29, 0.717) is 18.0 Å². The molecule has 7 heteroatoms. The maximum Gasteiger partial charge on any atom is 0.359 e. The number of anilines is 1. The predicted molar refractivity (Wildman–Crippen MR) is 115 cm³/mol. The molecule has 2 heterocycles. The van der Waals surface area contributed by atoms with Gasteiger partial charge in [0.05, 0.1) is 19.2 Å². The molecular weight excluding hydrogens is 380 g/mol. The van der Waals surface area contributed by atoms with Crippen LogP contribution in [0, 0.1) is 0 Å². The number of fused-ring (bicyclic) bond motifs is 1. The normalized spacial score (nSPS) is 10.7. The Morgan fingerprint density at radius 3 is 2.60 bits per heavy atom. The van der Waals surface area contributed by atoms with E-state index in [9.17, 15) is 4.79 Å². The van der Waals surface area contributed by atoms with Crippen LogP contribution in [0.2, 0.25) is 0 Å². The van der Waals surface area contributed by atoms with Crippen molar-refractivity contribution in [1.29, 1.82) is 0 Å². The van der Waals surface area contributed by atoms with E-state index >= 15 is 0 Å². The molecule has 4 rings (SSSR count). The number of hydrogen-bond donors (Lipinski definition) is 1. The molecule has 0 bridgehead atoms. The molecule has 0 radical (unpaired) electrons. The zero-order valence-electron chi connectivity index (χ0n) is 16.8. The Morgan fingerprint density at radius 2 is 1.83 bits per heavy atom. The highest BCUT2D eigenvalue weighted by Crippen LogP contribution is 2.29. The number of ether oxygens (including phenoxy) is 2. The third-order valence-corrected chi connectivity index (χ3v) is 4.75. The summed E-state index contributed by atoms with van der Waals surface area (Å²) in [5.74, 6) is 0.901. The molecule has 0 aliphatic heterocycles. The van der Waals surface area contributed by atoms with Crippen molar-refractivity contribution in [1.82, 2.24) is 14.4 Å². The van der Waals surface area contributed by atoms with Crippen molar-refractivity contribution in [3.63, 3.8) is 0 Å². The molecule has 30 heavy (non-hydrogen) atoms. The highest BCUT2D eigenvalue weighted by atomic mass is 16.5. The van der Waals surface area contributed by atoms with E-state index in [2.05, 4.69) is 15.3 Å². The Hall–Kier alpha value is -3.87. The average molecular weight is 402 g/mol. The number of imidazole rings is 1. The summed E-state index contributed by atoms with van der Waals surface area (Å²) in [4.78, 5) is 21.4. The summed E-state index contributed by atoms with van der Waals surface area (Å²) >= 11 is 0. The molecule has 4 aromatic rings. The molecule has 1 N–H and O–H groups in total. The van der Waals surface area contributed by atoms with Gasteiger partial charge in [-0.25, -0.2) is 14.8 Å². The van der Waals surface area contributed by atoms with Crippen LogP contribution in [0.4, 0.5) is 5.95 Å². The van der Waals surface area contributed by atoms with Crippen LogP contribution in [0.25, 0.3) is 16.6 Å². The number of nitrogens with one attached hydrogen (secondary N) is 1. The van der Waals surface area contributed by atoms with Crippen molar-refractivity contribution >= 4 is 17.4 Å². The van der Waals surface area contributed by atoms with Gasteiger partial charge in [0.1, 0.15) is 12.1 Å². The number of carbonyl (C=O) groups is 1. The zero-order chi connectivity index (χ0) is 20.9. The van der Waals surface area contributed by atoms with Crippen LogP contribution in [-0.2, 0) is 11.3 Å². The maximum absolute atomic E-state index is 12.5. The Balaban J connectivity index is 1.78. The lowest BCUT2D eigenvalue weighted by molar-refractivity contribution is 0.0522. The second-order valence-corrected chi connectivity index (χ2v) is 6.56. The summed E-state index contributed by atoms with van der Waals surface area (Å²) < 4.78 is 12.4. The molecule has 152 valence electrons. The number of carbonyl (C=O) groups excluding carboxylic acids is 1. The van der Waals surface area contributed by atoms with Crippen molar-refractivity contribution in [2.75, 3.05) is 19.0 Å². The molecule has 0 atom stereocenters. The van der Waals surface area contributed by atoms with Crippen molar-refractivity contribution in [3.8, 4) is 16.9 Å². The van der Waals surface area contributed by atoms with Gasteiger partial charge in [-0.15, -0.1) is 0 Å². The number of rotatable bonds is 7. The van der Waals surface area contributed by atoms with Crippen LogP contribution >= 0.6 is 0 Å². The lowest BCUT2D eigenvalue weighted by Gasteiger charge is -2.13. The Labute approximate surface area is 174 Å². The number of methoxy groups -OCH3 is 1. The average Bonchev–Trinajstić information content (AvgIpc) is 3.24. The third kappa shape index (κ3) is 3.69. The fourth-order valence-electron chi connectivity index (χ4n) is 3.35. The van der Waals surface area contributed by atoms with Crippen LogP contribution in [0.15, 0.2) is 67.1 Å². The van der Waals surface area contributed by atoms with E-state index in [-0.39, 0.29) is 12.3 Å². The molecular formula is C23H22N4O3. The Bertz CT molecular complexity index is 1170. The number of para-hydroxylation sites is 1. The van der Waals surface area contributed by atoms with Gasteiger partial charge >= 0.3 is 5.97 Å². The topological polar surface area (TPSA) is 77.8 Å². The minimum Gasteiger partial charge on any atom is -0.496 e. The number of nitrogens with zero attached hydrogens (tertiary/aromatic N) is 3. The van der Waals surface area contributed by atoms with Gasteiger partial charge in [-0.05, 0) is 18.6 Å². The molecule has 2 aromatic heterocycles. The summed E-state index contributed by atoms with van der Waals surface area (Å²) in [5, 5.41) is 3.32. The van der Waals surface area contributed by atoms with Gasteiger partial charge in [0.15, 0.2) is 5.69 Å². The maximum atomic E-state index is 12.5. The number of aromatic nitrogens is 3. The van der Waals surface area contributed by atoms with Gasteiger partial charge in [-0.2, -0.15) is 0 Å². The monoisotopic (exact) mass is 402 g/mol. The number of benzene rings is 2. The van der Waals surface area contributed by atoms with E-state index < -0.39 is 5.97 Å². The molecule has 0 unspecified atom stereocenters. The van der Waals surface area contributed by atoms with Crippen molar-refractivity contribution in [3.05, 3.63) is 78.4 Å². The van der Waals surface area contributed by atoms with Gasteiger partial charge in [0.25, 0.3) is 0 Å². The van der Waals surface area contributed by atoms with E-state index in [1.165, 1.54) is 0 Å². The summed E-state index contributed by atoms with van der Waals surface area (Å²) in [6.07, 6.45) is 3.34. The quantitative estimate of drug-likeness (QED) is 0.467. The fraction of sp³-hybridized carbons (Fsp3) is 0.174. The first-order valence-corrected chi connectivity index (χ1v) is 9.67. The summed E-state index contributed by atoms with van der Waals surface area (Å²) in [7, 11) is 1.64. The van der Waals surface area contributed by atoms with E-state index in [4.69, 9.17) is 9.47 Å². The Morgan fingerprint density at radius 1 is 1.07 bits per heavy atom. The van der Waals surface area contributed by atoms with Crippen molar-refractivity contribution in [2.45, 2.75) is 13.5 Å². The first kappa shape index (κ1) is 19.4. The minimum atomic E-state index is -0.459. The van der Waals surface area contributed by atoms with E-state index in [1.54, 1.807) is 31.0 Å². The second-order valence-electron chi connectivity index (χ2n) is 6.56. The first-order valence-electron chi connectivity index (χ1n) is 9.67. The zero-order valence-corrected chi connectivity index (χ0v) is 16.8. The van der Waals surface area contributed by atoms with Crippen LogP contribution in [-0.4, -0.2) is 34.1 Å². The molecule has 0 aliphatic rings. The smallest absolute Gasteiger partial charge is 0.359 e. The standard InChI is InChI=1S/C23H22N4O3/c1-3-30-22(28)20-21-18(16-9-5-4-6-10-16)14-25-23(27(21)15-26-20)24-13-17-11-7-8-12-19(17)29-2/h4-12,14-15H,3,13H2,1-2H3,(H,24,25). The molecule has 0 aliphatic carbocycles. The number of esters is 1. The van der Waals surface area contributed by atoms with Crippen LogP contribution < -0.4 is 10.1 Å². The third-order valence-electron chi connectivity index (χ3n) is 4.75. The van der Waals surface area contributed by atoms with Crippen molar-refractivity contribution in [2.24, 2.45) is 0 Å². The summed E-state index contributed by atoms with van der Waals surface area (Å²) in [6.45, 7) is 2.56. The first-order chi connectivity index (χ1) is 14.7. The van der Waals surface area contributed by atoms with Crippen LogP contribution in [0.5, 0.6) is 5.75 Å². The molecule has 0 fully saturated rings. The molecule has 0 saturated heterocycles.